The number of carboxylic acid groups (broad SMARTS) is 1. The number of thioether (sulfide) groups is 1. The number of aryl methyl sites for hydroxylation is 1. The Morgan fingerprint density at radius 3 is 3.00 bits per heavy atom. The molecule has 0 spiro atoms. The molecule has 1 N–H and O–H groups in total. The maximum Gasteiger partial charge on any atom is 0.303 e. The minimum Gasteiger partial charge on any atom is -0.493 e. The topological polar surface area (TPSA) is 64.3 Å². The van der Waals surface area contributed by atoms with Crippen molar-refractivity contribution in [1.82, 2.24) is 9.78 Å². The third-order valence-electron chi connectivity index (χ3n) is 4.03. The van der Waals surface area contributed by atoms with E-state index in [0.717, 1.165) is 29.7 Å². The Balaban J connectivity index is 1.68. The van der Waals surface area contributed by atoms with Crippen LogP contribution in [0.5, 0.6) is 5.75 Å². The van der Waals surface area contributed by atoms with E-state index in [2.05, 4.69) is 11.2 Å². The van der Waals surface area contributed by atoms with Gasteiger partial charge in [0.15, 0.2) is 0 Å². The Hall–Kier alpha value is -2.21. The lowest BCUT2D eigenvalue weighted by molar-refractivity contribution is -0.136. The molecule has 1 aromatic heterocycles. The van der Waals surface area contributed by atoms with E-state index in [1.54, 1.807) is 6.20 Å². The van der Waals surface area contributed by atoms with Gasteiger partial charge in [-0.25, -0.2) is 0 Å². The summed E-state index contributed by atoms with van der Waals surface area (Å²) < 4.78 is 7.87. The van der Waals surface area contributed by atoms with E-state index in [1.807, 2.05) is 46.9 Å². The molecule has 2 aromatic rings. The van der Waals surface area contributed by atoms with Gasteiger partial charge in [0.1, 0.15) is 5.75 Å². The first-order chi connectivity index (χ1) is 12.2. The summed E-state index contributed by atoms with van der Waals surface area (Å²) in [5.74, 6) is 1.16. The Morgan fingerprint density at radius 1 is 1.36 bits per heavy atom. The Morgan fingerprint density at radius 2 is 2.28 bits per heavy atom. The highest BCUT2D eigenvalue weighted by Gasteiger charge is 2.10. The van der Waals surface area contributed by atoms with E-state index in [1.165, 1.54) is 10.7 Å². The summed E-state index contributed by atoms with van der Waals surface area (Å²) in [4.78, 5) is 12.3. The lowest BCUT2D eigenvalue weighted by Crippen LogP contribution is -2.05. The molecule has 3 rings (SSSR count). The molecule has 2 heterocycles. The predicted molar refractivity (Wildman–Crippen MR) is 99.0 cm³/mol. The van der Waals surface area contributed by atoms with Gasteiger partial charge in [-0.3, -0.25) is 9.48 Å². The van der Waals surface area contributed by atoms with Crippen molar-refractivity contribution < 1.29 is 14.6 Å². The number of allylic oxidation sites excluding steroid dienone is 1. The molecule has 0 unspecified atom stereocenters. The number of hydrogen-bond acceptors (Lipinski definition) is 4. The third-order valence-corrected chi connectivity index (χ3v) is 5.21. The highest BCUT2D eigenvalue weighted by atomic mass is 32.2. The Bertz CT molecular complexity index is 741. The number of ether oxygens (including phenoxy) is 1. The molecule has 5 nitrogen and oxygen atoms in total. The average molecular weight is 358 g/mol. The van der Waals surface area contributed by atoms with Crippen molar-refractivity contribution in [2.75, 3.05) is 12.4 Å². The fraction of sp³-hybridized carbons (Fsp3) is 0.368. The summed E-state index contributed by atoms with van der Waals surface area (Å²) >= 11 is 1.89. The predicted octanol–water partition coefficient (Wildman–Crippen LogP) is 3.74. The number of nitrogens with zero attached hydrogens (tertiary/aromatic N) is 2. The van der Waals surface area contributed by atoms with Crippen LogP contribution < -0.4 is 4.74 Å². The molecule has 6 heteroatoms. The lowest BCUT2D eigenvalue weighted by atomic mass is 10.1. The lowest BCUT2D eigenvalue weighted by Gasteiger charge is -2.13. The first-order valence-electron chi connectivity index (χ1n) is 8.46. The van der Waals surface area contributed by atoms with Crippen LogP contribution in [-0.4, -0.2) is 33.2 Å². The molecule has 25 heavy (non-hydrogen) atoms. The molecule has 1 aromatic carbocycles. The first-order valence-corrected chi connectivity index (χ1v) is 9.45. The number of aliphatic carboxylic acids is 1. The molecular formula is C19H22N2O3S. The van der Waals surface area contributed by atoms with E-state index >= 15 is 0 Å². The number of carboxylic acids is 1. The van der Waals surface area contributed by atoms with E-state index in [0.29, 0.717) is 19.6 Å². The summed E-state index contributed by atoms with van der Waals surface area (Å²) in [5.41, 5.74) is 2.03. The summed E-state index contributed by atoms with van der Waals surface area (Å²) in [6.45, 7) is 1.29. The van der Waals surface area contributed by atoms with Gasteiger partial charge in [-0.15, -0.1) is 11.8 Å². The fourth-order valence-electron chi connectivity index (χ4n) is 2.77. The number of carbonyl (C=O) groups is 1. The second-order valence-corrected chi connectivity index (χ2v) is 7.17. The van der Waals surface area contributed by atoms with Gasteiger partial charge in [0.05, 0.1) is 13.2 Å². The molecule has 1 aliphatic rings. The fourth-order valence-corrected chi connectivity index (χ4v) is 3.73. The molecule has 1 aliphatic heterocycles. The van der Waals surface area contributed by atoms with Crippen LogP contribution in [0.1, 0.15) is 30.4 Å². The first kappa shape index (κ1) is 17.6. The molecule has 132 valence electrons. The van der Waals surface area contributed by atoms with Gasteiger partial charge in [0, 0.05) is 31.0 Å². The second kappa shape index (κ2) is 8.76. The zero-order chi connectivity index (χ0) is 17.5. The summed E-state index contributed by atoms with van der Waals surface area (Å²) in [6.07, 6.45) is 8.58. The maximum atomic E-state index is 10.9. The van der Waals surface area contributed by atoms with Crippen molar-refractivity contribution in [2.24, 2.45) is 0 Å². The zero-order valence-electron chi connectivity index (χ0n) is 14.1. The van der Waals surface area contributed by atoms with Crippen LogP contribution in [0, 0.1) is 0 Å². The smallest absolute Gasteiger partial charge is 0.303 e. The van der Waals surface area contributed by atoms with Gasteiger partial charge in [0.25, 0.3) is 0 Å². The Kier molecular flexibility index (Phi) is 6.17. The van der Waals surface area contributed by atoms with Gasteiger partial charge in [-0.1, -0.05) is 18.2 Å². The highest BCUT2D eigenvalue weighted by Crippen LogP contribution is 2.28. The van der Waals surface area contributed by atoms with Crippen molar-refractivity contribution in [2.45, 2.75) is 32.2 Å². The van der Waals surface area contributed by atoms with E-state index in [4.69, 9.17) is 9.84 Å². The summed E-state index contributed by atoms with van der Waals surface area (Å²) in [5, 5.41) is 13.2. The normalized spacial score (nSPS) is 13.7. The quantitative estimate of drug-likeness (QED) is 0.740. The largest absolute Gasteiger partial charge is 0.493 e. The number of hydrogen-bond donors (Lipinski definition) is 1. The van der Waals surface area contributed by atoms with Crippen LogP contribution in [-0.2, 0) is 17.8 Å². The van der Waals surface area contributed by atoms with Gasteiger partial charge >= 0.3 is 5.97 Å². The molecule has 0 amide bonds. The minimum atomic E-state index is -0.793. The van der Waals surface area contributed by atoms with Crippen LogP contribution in [0.25, 0.3) is 0 Å². The standard InChI is InChI=1S/C19H22N2O3S/c22-19(23)7-6-16-5-4-15(14-21-10-2-9-20-21)13-18(16)24-11-8-17-3-1-12-25-17/h2-5,9-10,13H,1,6-8,11-12,14H2,(H,22,23). The highest BCUT2D eigenvalue weighted by molar-refractivity contribution is 8.03. The summed E-state index contributed by atoms with van der Waals surface area (Å²) in [7, 11) is 0. The van der Waals surface area contributed by atoms with Crippen LogP contribution in [0.15, 0.2) is 47.6 Å². The van der Waals surface area contributed by atoms with Crippen molar-refractivity contribution in [3.8, 4) is 5.75 Å². The van der Waals surface area contributed by atoms with Crippen LogP contribution >= 0.6 is 11.8 Å². The number of benzene rings is 1. The Labute approximate surface area is 151 Å². The molecular weight excluding hydrogens is 336 g/mol. The molecule has 0 aliphatic carbocycles. The van der Waals surface area contributed by atoms with E-state index in [-0.39, 0.29) is 6.42 Å². The van der Waals surface area contributed by atoms with Gasteiger partial charge < -0.3 is 9.84 Å². The van der Waals surface area contributed by atoms with Crippen LogP contribution in [0.2, 0.25) is 0 Å². The zero-order valence-corrected chi connectivity index (χ0v) is 14.9. The summed E-state index contributed by atoms with van der Waals surface area (Å²) in [6, 6.07) is 7.89. The molecule has 0 radical (unpaired) electrons. The minimum absolute atomic E-state index is 0.107. The van der Waals surface area contributed by atoms with Gasteiger partial charge in [-0.05, 0) is 41.0 Å². The van der Waals surface area contributed by atoms with Crippen molar-refractivity contribution in [3.63, 3.8) is 0 Å². The molecule has 0 atom stereocenters. The van der Waals surface area contributed by atoms with Gasteiger partial charge in [0.2, 0.25) is 0 Å². The average Bonchev–Trinajstić information content (AvgIpc) is 3.28. The maximum absolute atomic E-state index is 10.9. The van der Waals surface area contributed by atoms with Gasteiger partial charge in [-0.2, -0.15) is 5.10 Å². The second-order valence-electron chi connectivity index (χ2n) is 5.95. The van der Waals surface area contributed by atoms with Crippen molar-refractivity contribution in [3.05, 3.63) is 58.8 Å². The molecule has 0 fully saturated rings. The molecule has 0 bridgehead atoms. The monoisotopic (exact) mass is 358 g/mol. The van der Waals surface area contributed by atoms with Crippen molar-refractivity contribution in [1.29, 1.82) is 0 Å². The number of rotatable bonds is 9. The van der Waals surface area contributed by atoms with Crippen LogP contribution in [0.4, 0.5) is 0 Å². The molecule has 0 saturated carbocycles. The number of aromatic nitrogens is 2. The van der Waals surface area contributed by atoms with Crippen LogP contribution in [0.3, 0.4) is 0 Å². The third kappa shape index (κ3) is 5.39. The molecule has 0 saturated heterocycles. The van der Waals surface area contributed by atoms with Crippen molar-refractivity contribution >= 4 is 17.7 Å². The van der Waals surface area contributed by atoms with E-state index in [9.17, 15) is 4.79 Å². The van der Waals surface area contributed by atoms with E-state index < -0.39 is 5.97 Å². The SMILES string of the molecule is O=C(O)CCc1ccc(Cn2cccn2)cc1OCCC1=CCCS1.